The number of hydrogen-bond donors (Lipinski definition) is 1. The van der Waals surface area contributed by atoms with Crippen molar-refractivity contribution >= 4 is 5.91 Å². The maximum absolute atomic E-state index is 12.5. The maximum Gasteiger partial charge on any atom is 0.220 e. The Morgan fingerprint density at radius 2 is 2.00 bits per heavy atom. The molecular weight excluding hydrogens is 348 g/mol. The second kappa shape index (κ2) is 7.40. The topological polar surface area (TPSA) is 45.5 Å². The third kappa shape index (κ3) is 3.62. The smallest absolute Gasteiger partial charge is 0.220 e. The fourth-order valence-corrected chi connectivity index (χ4v) is 5.34. The Bertz CT molecular complexity index is 817. The summed E-state index contributed by atoms with van der Waals surface area (Å²) in [6.45, 7) is 4.07. The lowest BCUT2D eigenvalue weighted by Gasteiger charge is -2.40. The molecule has 1 aliphatic heterocycles. The molecule has 2 aromatic rings. The Hall–Kier alpha value is -2.07. The Morgan fingerprint density at radius 3 is 2.75 bits per heavy atom. The molecule has 0 unspecified atom stereocenters. The second-order valence-electron chi connectivity index (χ2n) is 9.13. The van der Waals surface area contributed by atoms with Crippen LogP contribution >= 0.6 is 0 Å². The summed E-state index contributed by atoms with van der Waals surface area (Å²) in [7, 11) is 0. The summed E-state index contributed by atoms with van der Waals surface area (Å²) in [5.41, 5.74) is 4.45. The summed E-state index contributed by atoms with van der Waals surface area (Å²) >= 11 is 0. The van der Waals surface area contributed by atoms with Gasteiger partial charge >= 0.3 is 0 Å². The van der Waals surface area contributed by atoms with Crippen LogP contribution in [0.3, 0.4) is 0 Å². The van der Waals surface area contributed by atoms with Crippen LogP contribution < -0.4 is 5.32 Å². The van der Waals surface area contributed by atoms with Crippen molar-refractivity contribution in [1.82, 2.24) is 10.2 Å². The molecule has 1 aromatic heterocycles. The summed E-state index contributed by atoms with van der Waals surface area (Å²) in [6, 6.07) is 11.0. The van der Waals surface area contributed by atoms with E-state index >= 15 is 0 Å². The maximum atomic E-state index is 12.5. The zero-order chi connectivity index (χ0) is 19.0. The summed E-state index contributed by atoms with van der Waals surface area (Å²) in [6.07, 6.45) is 10.3. The van der Waals surface area contributed by atoms with Crippen LogP contribution in [0.25, 0.3) is 0 Å². The molecule has 1 N–H and O–H groups in total. The van der Waals surface area contributed by atoms with Crippen LogP contribution in [0.5, 0.6) is 0 Å². The lowest BCUT2D eigenvalue weighted by atomic mass is 9.73. The van der Waals surface area contributed by atoms with Crippen LogP contribution in [0.15, 0.2) is 47.3 Å². The molecule has 1 amide bonds. The number of carbonyl (C=O) groups is 1. The van der Waals surface area contributed by atoms with Crippen LogP contribution in [0.4, 0.5) is 0 Å². The molecule has 4 heteroatoms. The number of fused-ring (bicyclic) bond motifs is 2. The van der Waals surface area contributed by atoms with Crippen LogP contribution in [0.1, 0.15) is 61.1 Å². The number of nitrogens with one attached hydrogen (secondary N) is 1. The molecule has 1 atom stereocenters. The van der Waals surface area contributed by atoms with Crippen molar-refractivity contribution in [3.05, 3.63) is 59.5 Å². The van der Waals surface area contributed by atoms with E-state index in [4.69, 9.17) is 4.42 Å². The standard InChI is InChI=1S/C24H30N2O2/c27-23(25-15-18-5-6-18)13-20-14-24(22-4-2-1-3-21(20)22)8-10-26(11-9-24)16-19-7-12-28-17-19/h1-4,7,12,17-18,20H,5-6,8-11,13-16H2,(H,25,27)/t20-/m0/s1. The van der Waals surface area contributed by atoms with Gasteiger partial charge in [-0.3, -0.25) is 9.69 Å². The molecule has 1 saturated heterocycles. The lowest BCUT2D eigenvalue weighted by molar-refractivity contribution is -0.121. The van der Waals surface area contributed by atoms with Gasteiger partial charge < -0.3 is 9.73 Å². The van der Waals surface area contributed by atoms with Crippen molar-refractivity contribution < 1.29 is 9.21 Å². The predicted octanol–water partition coefficient (Wildman–Crippen LogP) is 4.22. The van der Waals surface area contributed by atoms with Crippen molar-refractivity contribution in [2.45, 2.75) is 56.4 Å². The molecule has 4 nitrogen and oxygen atoms in total. The number of amides is 1. The normalized spacial score (nSPS) is 23.6. The van der Waals surface area contributed by atoms with Gasteiger partial charge in [0.2, 0.25) is 5.91 Å². The summed E-state index contributed by atoms with van der Waals surface area (Å²) in [5.74, 6) is 1.35. The fourth-order valence-electron chi connectivity index (χ4n) is 5.34. The number of nitrogens with zero attached hydrogens (tertiary/aromatic N) is 1. The van der Waals surface area contributed by atoms with Crippen LogP contribution in [0, 0.1) is 5.92 Å². The molecule has 0 bridgehead atoms. The van der Waals surface area contributed by atoms with Gasteiger partial charge in [0.15, 0.2) is 0 Å². The van der Waals surface area contributed by atoms with Crippen LogP contribution in [-0.2, 0) is 16.8 Å². The number of benzene rings is 1. The van der Waals surface area contributed by atoms with Gasteiger partial charge in [-0.25, -0.2) is 0 Å². The molecule has 148 valence electrons. The SMILES string of the molecule is O=C(C[C@H]1CC2(CCN(Cc3ccoc3)CC2)c2ccccc21)NCC1CC1. The van der Waals surface area contributed by atoms with Gasteiger partial charge in [-0.1, -0.05) is 24.3 Å². The van der Waals surface area contributed by atoms with E-state index in [1.54, 1.807) is 6.26 Å². The van der Waals surface area contributed by atoms with E-state index < -0.39 is 0 Å². The van der Waals surface area contributed by atoms with Gasteiger partial charge in [-0.15, -0.1) is 0 Å². The molecule has 1 spiro atoms. The summed E-state index contributed by atoms with van der Waals surface area (Å²) in [4.78, 5) is 15.0. The largest absolute Gasteiger partial charge is 0.472 e. The molecule has 2 fully saturated rings. The predicted molar refractivity (Wildman–Crippen MR) is 109 cm³/mol. The van der Waals surface area contributed by atoms with Gasteiger partial charge in [0.05, 0.1) is 12.5 Å². The molecule has 1 aromatic carbocycles. The van der Waals surface area contributed by atoms with E-state index in [0.29, 0.717) is 12.3 Å². The summed E-state index contributed by atoms with van der Waals surface area (Å²) < 4.78 is 5.22. The van der Waals surface area contributed by atoms with Gasteiger partial charge in [0.1, 0.15) is 0 Å². The zero-order valence-corrected chi connectivity index (χ0v) is 16.5. The summed E-state index contributed by atoms with van der Waals surface area (Å²) in [5, 5.41) is 3.17. The number of hydrogen-bond acceptors (Lipinski definition) is 3. The molecule has 1 saturated carbocycles. The van der Waals surface area contributed by atoms with Crippen LogP contribution in [0.2, 0.25) is 0 Å². The molecule has 28 heavy (non-hydrogen) atoms. The highest BCUT2D eigenvalue weighted by Crippen LogP contribution is 2.52. The molecule has 2 heterocycles. The van der Waals surface area contributed by atoms with E-state index in [0.717, 1.165) is 38.5 Å². The molecule has 3 aliphatic rings. The van der Waals surface area contributed by atoms with Crippen molar-refractivity contribution in [2.24, 2.45) is 5.92 Å². The van der Waals surface area contributed by atoms with E-state index in [1.165, 1.54) is 42.4 Å². The fraction of sp³-hybridized carbons (Fsp3) is 0.542. The van der Waals surface area contributed by atoms with Gasteiger partial charge in [-0.2, -0.15) is 0 Å². The highest BCUT2D eigenvalue weighted by molar-refractivity contribution is 5.77. The van der Waals surface area contributed by atoms with Gasteiger partial charge in [0.25, 0.3) is 0 Å². The number of piperidine rings is 1. The van der Waals surface area contributed by atoms with Gasteiger partial charge in [0, 0.05) is 25.1 Å². The second-order valence-corrected chi connectivity index (χ2v) is 9.13. The minimum absolute atomic E-state index is 0.237. The third-order valence-electron chi connectivity index (χ3n) is 7.13. The van der Waals surface area contributed by atoms with Crippen LogP contribution in [-0.4, -0.2) is 30.4 Å². The lowest BCUT2D eigenvalue weighted by Crippen LogP contribution is -2.41. The Morgan fingerprint density at radius 1 is 1.18 bits per heavy atom. The first-order chi connectivity index (χ1) is 13.7. The third-order valence-corrected chi connectivity index (χ3v) is 7.13. The number of rotatable bonds is 6. The number of likely N-dealkylation sites (tertiary alicyclic amines) is 1. The highest BCUT2D eigenvalue weighted by atomic mass is 16.3. The highest BCUT2D eigenvalue weighted by Gasteiger charge is 2.45. The first-order valence-corrected chi connectivity index (χ1v) is 10.8. The van der Waals surface area contributed by atoms with E-state index in [9.17, 15) is 4.79 Å². The van der Waals surface area contributed by atoms with Crippen molar-refractivity contribution in [3.63, 3.8) is 0 Å². The Kier molecular flexibility index (Phi) is 4.75. The average Bonchev–Trinajstić information content (AvgIpc) is 3.33. The van der Waals surface area contributed by atoms with E-state index in [1.807, 2.05) is 6.26 Å². The van der Waals surface area contributed by atoms with Crippen molar-refractivity contribution in [3.8, 4) is 0 Å². The van der Waals surface area contributed by atoms with Gasteiger partial charge in [-0.05, 0) is 79.6 Å². The molecular formula is C24H30N2O2. The minimum atomic E-state index is 0.237. The minimum Gasteiger partial charge on any atom is -0.472 e. The average molecular weight is 379 g/mol. The van der Waals surface area contributed by atoms with Crippen molar-refractivity contribution in [2.75, 3.05) is 19.6 Å². The first-order valence-electron chi connectivity index (χ1n) is 10.8. The quantitative estimate of drug-likeness (QED) is 0.819. The zero-order valence-electron chi connectivity index (χ0n) is 16.5. The Labute approximate surface area is 167 Å². The first kappa shape index (κ1) is 18.0. The Balaban J connectivity index is 1.26. The monoisotopic (exact) mass is 378 g/mol. The number of carbonyl (C=O) groups excluding carboxylic acids is 1. The van der Waals surface area contributed by atoms with E-state index in [-0.39, 0.29) is 11.3 Å². The van der Waals surface area contributed by atoms with Crippen molar-refractivity contribution in [1.29, 1.82) is 0 Å². The molecule has 2 aliphatic carbocycles. The molecule has 5 rings (SSSR count). The molecule has 0 radical (unpaired) electrons. The number of furan rings is 1. The van der Waals surface area contributed by atoms with E-state index in [2.05, 4.69) is 40.5 Å².